The average molecular weight is 358 g/mol. The predicted molar refractivity (Wildman–Crippen MR) is 95.4 cm³/mol. The first kappa shape index (κ1) is 21.2. The average Bonchev–Trinajstić information content (AvgIpc) is 2.47. The van der Waals surface area contributed by atoms with Gasteiger partial charge in [-0.25, -0.2) is 4.98 Å². The first-order valence-corrected chi connectivity index (χ1v) is 6.83. The number of nitrogens with two attached hydrogens (primary N) is 1. The van der Waals surface area contributed by atoms with Crippen molar-refractivity contribution in [3.8, 4) is 11.6 Å². The maximum Gasteiger partial charge on any atom is 0.221 e. The molecule has 2 rings (SSSR count). The summed E-state index contributed by atoms with van der Waals surface area (Å²) >= 11 is 0. The van der Waals surface area contributed by atoms with Crippen molar-refractivity contribution >= 4 is 30.7 Å². The van der Waals surface area contributed by atoms with Gasteiger partial charge in [-0.3, -0.25) is 4.79 Å². The third-order valence-corrected chi connectivity index (χ3v) is 2.76. The topological polar surface area (TPSA) is 77.2 Å². The number of para-hydroxylation sites is 1. The molecule has 1 atom stereocenters. The summed E-state index contributed by atoms with van der Waals surface area (Å²) in [4.78, 5) is 15.7. The summed E-state index contributed by atoms with van der Waals surface area (Å²) in [6.07, 6.45) is 2.01. The molecule has 0 aliphatic carbocycles. The van der Waals surface area contributed by atoms with E-state index in [1.54, 1.807) is 19.2 Å². The number of rotatable bonds is 6. The zero-order chi connectivity index (χ0) is 15.1. The van der Waals surface area contributed by atoms with E-state index >= 15 is 0 Å². The highest BCUT2D eigenvalue weighted by molar-refractivity contribution is 5.85. The smallest absolute Gasteiger partial charge is 0.221 e. The van der Waals surface area contributed by atoms with Crippen molar-refractivity contribution in [3.05, 3.63) is 54.2 Å². The molecular formula is C16H21Cl2N3O2. The largest absolute Gasteiger partial charge is 0.439 e. The summed E-state index contributed by atoms with van der Waals surface area (Å²) < 4.78 is 5.60. The number of benzene rings is 1. The van der Waals surface area contributed by atoms with E-state index < -0.39 is 0 Å². The second kappa shape index (κ2) is 10.8. The first-order chi connectivity index (χ1) is 10.1. The molecule has 2 aromatic rings. The Morgan fingerprint density at radius 2 is 1.91 bits per heavy atom. The van der Waals surface area contributed by atoms with Gasteiger partial charge in [0.2, 0.25) is 11.8 Å². The molecule has 1 aromatic heterocycles. The number of pyridine rings is 1. The molecule has 0 fully saturated rings. The molecule has 0 aliphatic rings. The van der Waals surface area contributed by atoms with Crippen LogP contribution in [0, 0.1) is 0 Å². The molecule has 0 spiro atoms. The van der Waals surface area contributed by atoms with Crippen LogP contribution in [0.1, 0.15) is 18.9 Å². The van der Waals surface area contributed by atoms with Crippen LogP contribution in [-0.2, 0) is 11.3 Å². The number of amides is 1. The Balaban J connectivity index is 0.00000242. The Morgan fingerprint density at radius 1 is 1.22 bits per heavy atom. The zero-order valence-corrected chi connectivity index (χ0v) is 14.4. The normalized spacial score (nSPS) is 10.7. The van der Waals surface area contributed by atoms with Crippen LogP contribution in [0.5, 0.6) is 11.6 Å². The van der Waals surface area contributed by atoms with Crippen LogP contribution in [0.25, 0.3) is 0 Å². The SMILES string of the molecule is CC(N)CC(=O)NCc1ccc(Oc2ccccc2)nc1.Cl.Cl. The van der Waals surface area contributed by atoms with E-state index in [9.17, 15) is 4.79 Å². The number of ether oxygens (including phenoxy) is 1. The molecule has 0 saturated carbocycles. The Bertz CT molecular complexity index is 578. The standard InChI is InChI=1S/C16H19N3O2.2ClH/c1-12(17)9-15(20)18-10-13-7-8-16(19-11-13)21-14-5-3-2-4-6-14;;/h2-8,11-12H,9-10,17H2,1H3,(H,18,20);2*1H. The minimum Gasteiger partial charge on any atom is -0.439 e. The highest BCUT2D eigenvalue weighted by Gasteiger charge is 2.05. The van der Waals surface area contributed by atoms with Gasteiger partial charge in [0.05, 0.1) is 0 Å². The summed E-state index contributed by atoms with van der Waals surface area (Å²) in [5.74, 6) is 1.20. The van der Waals surface area contributed by atoms with Crippen LogP contribution in [0.15, 0.2) is 48.7 Å². The fraction of sp³-hybridized carbons (Fsp3) is 0.250. The number of aromatic nitrogens is 1. The lowest BCUT2D eigenvalue weighted by Crippen LogP contribution is -2.29. The summed E-state index contributed by atoms with van der Waals surface area (Å²) in [7, 11) is 0. The van der Waals surface area contributed by atoms with E-state index in [1.807, 2.05) is 36.4 Å². The van der Waals surface area contributed by atoms with Gasteiger partial charge in [0, 0.05) is 31.3 Å². The third-order valence-electron chi connectivity index (χ3n) is 2.76. The summed E-state index contributed by atoms with van der Waals surface area (Å²) in [5, 5.41) is 2.80. The molecule has 1 heterocycles. The Morgan fingerprint density at radius 3 is 2.48 bits per heavy atom. The number of nitrogens with one attached hydrogen (secondary N) is 1. The number of carbonyl (C=O) groups is 1. The maximum absolute atomic E-state index is 11.5. The minimum absolute atomic E-state index is 0. The van der Waals surface area contributed by atoms with E-state index in [2.05, 4.69) is 10.3 Å². The highest BCUT2D eigenvalue weighted by atomic mass is 35.5. The van der Waals surface area contributed by atoms with Crippen LogP contribution < -0.4 is 15.8 Å². The van der Waals surface area contributed by atoms with Gasteiger partial charge in [-0.2, -0.15) is 0 Å². The van der Waals surface area contributed by atoms with Gasteiger partial charge in [-0.1, -0.05) is 24.3 Å². The van der Waals surface area contributed by atoms with Crippen molar-refractivity contribution < 1.29 is 9.53 Å². The molecule has 0 bridgehead atoms. The van der Waals surface area contributed by atoms with Crippen LogP contribution in [-0.4, -0.2) is 16.9 Å². The molecule has 23 heavy (non-hydrogen) atoms. The van der Waals surface area contributed by atoms with Crippen molar-refractivity contribution in [1.82, 2.24) is 10.3 Å². The van der Waals surface area contributed by atoms with Crippen LogP contribution in [0.4, 0.5) is 0 Å². The summed E-state index contributed by atoms with van der Waals surface area (Å²) in [5.41, 5.74) is 6.48. The van der Waals surface area contributed by atoms with E-state index in [0.717, 1.165) is 11.3 Å². The lowest BCUT2D eigenvalue weighted by molar-refractivity contribution is -0.121. The lowest BCUT2D eigenvalue weighted by Gasteiger charge is -2.08. The Hall–Kier alpha value is -1.82. The monoisotopic (exact) mass is 357 g/mol. The van der Waals surface area contributed by atoms with E-state index in [-0.39, 0.29) is 36.8 Å². The molecule has 3 N–H and O–H groups in total. The van der Waals surface area contributed by atoms with Crippen LogP contribution in [0.2, 0.25) is 0 Å². The number of hydrogen-bond donors (Lipinski definition) is 2. The molecule has 7 heteroatoms. The Kier molecular flexibility index (Phi) is 9.97. The quantitative estimate of drug-likeness (QED) is 0.832. The summed E-state index contributed by atoms with van der Waals surface area (Å²) in [6.45, 7) is 2.24. The molecule has 1 unspecified atom stereocenters. The van der Waals surface area contributed by atoms with Crippen molar-refractivity contribution in [2.45, 2.75) is 25.9 Å². The molecule has 0 radical (unpaired) electrons. The fourth-order valence-corrected chi connectivity index (χ4v) is 1.75. The second-order valence-electron chi connectivity index (χ2n) is 4.88. The number of nitrogens with zero attached hydrogens (tertiary/aromatic N) is 1. The van der Waals surface area contributed by atoms with Crippen molar-refractivity contribution in [2.75, 3.05) is 0 Å². The van der Waals surface area contributed by atoms with E-state index in [0.29, 0.717) is 18.8 Å². The molecule has 1 amide bonds. The third kappa shape index (κ3) is 7.83. The maximum atomic E-state index is 11.5. The predicted octanol–water partition coefficient (Wildman–Crippen LogP) is 3.07. The zero-order valence-electron chi connectivity index (χ0n) is 12.8. The first-order valence-electron chi connectivity index (χ1n) is 6.83. The minimum atomic E-state index is -0.134. The molecular weight excluding hydrogens is 337 g/mol. The van der Waals surface area contributed by atoms with E-state index in [4.69, 9.17) is 10.5 Å². The van der Waals surface area contributed by atoms with Crippen molar-refractivity contribution in [3.63, 3.8) is 0 Å². The highest BCUT2D eigenvalue weighted by Crippen LogP contribution is 2.18. The van der Waals surface area contributed by atoms with Gasteiger partial charge < -0.3 is 15.8 Å². The number of hydrogen-bond acceptors (Lipinski definition) is 4. The molecule has 0 aliphatic heterocycles. The van der Waals surface area contributed by atoms with Gasteiger partial charge in [-0.15, -0.1) is 24.8 Å². The fourth-order valence-electron chi connectivity index (χ4n) is 1.75. The number of carbonyl (C=O) groups excluding carboxylic acids is 1. The van der Waals surface area contributed by atoms with Gasteiger partial charge in [-0.05, 0) is 24.6 Å². The van der Waals surface area contributed by atoms with Crippen molar-refractivity contribution in [2.24, 2.45) is 5.73 Å². The van der Waals surface area contributed by atoms with Gasteiger partial charge in [0.25, 0.3) is 0 Å². The van der Waals surface area contributed by atoms with Gasteiger partial charge in [0.15, 0.2) is 0 Å². The summed E-state index contributed by atoms with van der Waals surface area (Å²) in [6, 6.07) is 13.0. The molecule has 1 aromatic carbocycles. The Labute approximate surface area is 148 Å². The van der Waals surface area contributed by atoms with Crippen LogP contribution >= 0.6 is 24.8 Å². The molecule has 5 nitrogen and oxygen atoms in total. The van der Waals surface area contributed by atoms with Gasteiger partial charge >= 0.3 is 0 Å². The van der Waals surface area contributed by atoms with E-state index in [1.165, 1.54) is 0 Å². The van der Waals surface area contributed by atoms with Crippen molar-refractivity contribution in [1.29, 1.82) is 0 Å². The second-order valence-corrected chi connectivity index (χ2v) is 4.88. The lowest BCUT2D eigenvalue weighted by atomic mass is 10.2. The number of halogens is 2. The van der Waals surface area contributed by atoms with Gasteiger partial charge in [0.1, 0.15) is 5.75 Å². The molecule has 0 saturated heterocycles. The molecule has 126 valence electrons. The van der Waals surface area contributed by atoms with Crippen LogP contribution in [0.3, 0.4) is 0 Å².